The number of aliphatic hydroxyl groups is 2. The summed E-state index contributed by atoms with van der Waals surface area (Å²) in [5.41, 5.74) is 0. The summed E-state index contributed by atoms with van der Waals surface area (Å²) in [5.74, 6) is 1.39. The van der Waals surface area contributed by atoms with Crippen LogP contribution in [0.1, 0.15) is 19.7 Å². The lowest BCUT2D eigenvalue weighted by molar-refractivity contribution is 0.151. The molecule has 0 bridgehead atoms. The maximum absolute atomic E-state index is 8.94. The molecule has 6 heteroatoms. The molecule has 0 unspecified atom stereocenters. The molecule has 0 fully saturated rings. The fourth-order valence-electron chi connectivity index (χ4n) is 1.66. The summed E-state index contributed by atoms with van der Waals surface area (Å²) < 4.78 is 1.88. The van der Waals surface area contributed by atoms with Crippen molar-refractivity contribution in [1.29, 1.82) is 0 Å². The van der Waals surface area contributed by atoms with Gasteiger partial charge in [0.15, 0.2) is 0 Å². The first-order chi connectivity index (χ1) is 8.17. The zero-order valence-electron chi connectivity index (χ0n) is 10.6. The van der Waals surface area contributed by atoms with Crippen molar-refractivity contribution >= 4 is 0 Å². The number of hydrogen-bond acceptors (Lipinski definition) is 5. The van der Waals surface area contributed by atoms with Crippen molar-refractivity contribution in [3.63, 3.8) is 0 Å². The van der Waals surface area contributed by atoms with Crippen LogP contribution in [-0.2, 0) is 13.1 Å². The van der Waals surface area contributed by atoms with Crippen molar-refractivity contribution in [3.05, 3.63) is 12.2 Å². The van der Waals surface area contributed by atoms with Crippen LogP contribution in [-0.4, -0.2) is 56.2 Å². The van der Waals surface area contributed by atoms with Gasteiger partial charge in [0.1, 0.15) is 12.2 Å². The van der Waals surface area contributed by atoms with Crippen molar-refractivity contribution in [1.82, 2.24) is 19.7 Å². The molecule has 0 spiro atoms. The first-order valence-corrected chi connectivity index (χ1v) is 5.98. The summed E-state index contributed by atoms with van der Waals surface area (Å²) in [6.45, 7) is 6.94. The second-order valence-electron chi connectivity index (χ2n) is 4.48. The number of aromatic nitrogens is 3. The van der Waals surface area contributed by atoms with E-state index in [0.717, 1.165) is 12.4 Å². The van der Waals surface area contributed by atoms with Gasteiger partial charge in [0.25, 0.3) is 0 Å². The van der Waals surface area contributed by atoms with Crippen LogP contribution in [0.15, 0.2) is 6.33 Å². The maximum atomic E-state index is 8.94. The Morgan fingerprint density at radius 2 is 1.94 bits per heavy atom. The van der Waals surface area contributed by atoms with E-state index in [1.807, 2.05) is 9.58 Å². The Hall–Kier alpha value is -0.980. The van der Waals surface area contributed by atoms with E-state index < -0.39 is 0 Å². The molecule has 0 aliphatic carbocycles. The van der Waals surface area contributed by atoms with Crippen LogP contribution >= 0.6 is 0 Å². The quantitative estimate of drug-likeness (QED) is 0.656. The van der Waals surface area contributed by atoms with Crippen LogP contribution in [0.25, 0.3) is 0 Å². The lowest BCUT2D eigenvalue weighted by atomic mass is 10.2. The highest BCUT2D eigenvalue weighted by Crippen LogP contribution is 2.04. The van der Waals surface area contributed by atoms with Gasteiger partial charge < -0.3 is 10.2 Å². The second kappa shape index (κ2) is 7.37. The number of aliphatic hydroxyl groups excluding tert-OH is 2. The van der Waals surface area contributed by atoms with E-state index in [-0.39, 0.29) is 13.2 Å². The van der Waals surface area contributed by atoms with Crippen LogP contribution in [0.3, 0.4) is 0 Å². The van der Waals surface area contributed by atoms with Gasteiger partial charge in [-0.2, -0.15) is 5.10 Å². The lowest BCUT2D eigenvalue weighted by Gasteiger charge is -2.20. The molecule has 0 saturated heterocycles. The molecule has 0 amide bonds. The molecule has 0 aliphatic rings. The van der Waals surface area contributed by atoms with E-state index in [9.17, 15) is 0 Å². The third-order valence-electron chi connectivity index (χ3n) is 2.43. The Bertz CT molecular complexity index is 308. The fourth-order valence-corrected chi connectivity index (χ4v) is 1.66. The minimum Gasteiger partial charge on any atom is -0.395 e. The third-order valence-corrected chi connectivity index (χ3v) is 2.43. The largest absolute Gasteiger partial charge is 0.395 e. The molecule has 1 aromatic heterocycles. The van der Waals surface area contributed by atoms with Crippen LogP contribution in [0.2, 0.25) is 0 Å². The summed E-state index contributed by atoms with van der Waals surface area (Å²) in [6.07, 6.45) is 1.55. The first-order valence-electron chi connectivity index (χ1n) is 5.98. The Morgan fingerprint density at radius 1 is 1.29 bits per heavy atom. The van der Waals surface area contributed by atoms with E-state index in [1.54, 1.807) is 6.33 Å². The molecule has 1 heterocycles. The topological polar surface area (TPSA) is 74.4 Å². The Balaban J connectivity index is 2.61. The van der Waals surface area contributed by atoms with Gasteiger partial charge in [-0.05, 0) is 5.92 Å². The van der Waals surface area contributed by atoms with Crippen molar-refractivity contribution in [2.24, 2.45) is 5.92 Å². The third kappa shape index (κ3) is 4.80. The molecule has 6 nitrogen and oxygen atoms in total. The minimum absolute atomic E-state index is 0.0817. The smallest absolute Gasteiger partial charge is 0.141 e. The molecule has 1 aromatic rings. The summed E-state index contributed by atoms with van der Waals surface area (Å²) in [5, 5.41) is 22.1. The van der Waals surface area contributed by atoms with E-state index in [1.165, 1.54) is 0 Å². The molecule has 17 heavy (non-hydrogen) atoms. The molecule has 0 saturated carbocycles. The standard InChI is InChI=1S/C11H22N4O2/c1-10(2)7-15-11(12-9-13-15)8-14(3-5-16)4-6-17/h9-10,16-17H,3-8H2,1-2H3. The van der Waals surface area contributed by atoms with Gasteiger partial charge in [0, 0.05) is 19.6 Å². The molecule has 98 valence electrons. The normalized spacial score (nSPS) is 11.6. The highest BCUT2D eigenvalue weighted by Gasteiger charge is 2.11. The highest BCUT2D eigenvalue weighted by molar-refractivity contribution is 4.85. The highest BCUT2D eigenvalue weighted by atomic mass is 16.3. The Kier molecular flexibility index (Phi) is 6.10. The summed E-state index contributed by atoms with van der Waals surface area (Å²) in [6, 6.07) is 0. The molecular weight excluding hydrogens is 220 g/mol. The zero-order chi connectivity index (χ0) is 12.7. The van der Waals surface area contributed by atoms with Crippen LogP contribution in [0.5, 0.6) is 0 Å². The molecule has 0 radical (unpaired) electrons. The van der Waals surface area contributed by atoms with Gasteiger partial charge in [-0.15, -0.1) is 0 Å². The predicted octanol–water partition coefficient (Wildman–Crippen LogP) is -0.279. The number of hydrogen-bond donors (Lipinski definition) is 2. The van der Waals surface area contributed by atoms with E-state index >= 15 is 0 Å². The molecule has 0 atom stereocenters. The molecule has 1 rings (SSSR count). The monoisotopic (exact) mass is 242 g/mol. The first kappa shape index (κ1) is 14.1. The molecular formula is C11H22N4O2. The van der Waals surface area contributed by atoms with Gasteiger partial charge in [-0.1, -0.05) is 13.8 Å². The number of nitrogens with zero attached hydrogens (tertiary/aromatic N) is 4. The predicted molar refractivity (Wildman–Crippen MR) is 64.3 cm³/mol. The number of rotatable bonds is 8. The van der Waals surface area contributed by atoms with E-state index in [4.69, 9.17) is 10.2 Å². The summed E-state index contributed by atoms with van der Waals surface area (Å²) >= 11 is 0. The van der Waals surface area contributed by atoms with E-state index in [2.05, 4.69) is 23.9 Å². The van der Waals surface area contributed by atoms with Crippen LogP contribution in [0.4, 0.5) is 0 Å². The second-order valence-corrected chi connectivity index (χ2v) is 4.48. The van der Waals surface area contributed by atoms with Crippen LogP contribution < -0.4 is 0 Å². The molecule has 0 aromatic carbocycles. The molecule has 2 N–H and O–H groups in total. The fraction of sp³-hybridized carbons (Fsp3) is 0.818. The summed E-state index contributed by atoms with van der Waals surface area (Å²) in [4.78, 5) is 6.18. The van der Waals surface area contributed by atoms with Crippen LogP contribution in [0, 0.1) is 5.92 Å². The van der Waals surface area contributed by atoms with Gasteiger partial charge in [-0.25, -0.2) is 9.67 Å². The average molecular weight is 242 g/mol. The van der Waals surface area contributed by atoms with Crippen molar-refractivity contribution < 1.29 is 10.2 Å². The van der Waals surface area contributed by atoms with Gasteiger partial charge in [-0.3, -0.25) is 4.90 Å². The maximum Gasteiger partial charge on any atom is 0.141 e. The van der Waals surface area contributed by atoms with Gasteiger partial charge >= 0.3 is 0 Å². The summed E-state index contributed by atoms with van der Waals surface area (Å²) in [7, 11) is 0. The lowest BCUT2D eigenvalue weighted by Crippen LogP contribution is -2.31. The minimum atomic E-state index is 0.0817. The van der Waals surface area contributed by atoms with Crippen molar-refractivity contribution in [2.75, 3.05) is 26.3 Å². The average Bonchev–Trinajstić information content (AvgIpc) is 2.65. The Labute approximate surface area is 102 Å². The van der Waals surface area contributed by atoms with E-state index in [0.29, 0.717) is 25.6 Å². The SMILES string of the molecule is CC(C)Cn1ncnc1CN(CCO)CCO. The van der Waals surface area contributed by atoms with Crippen molar-refractivity contribution in [2.45, 2.75) is 26.9 Å². The van der Waals surface area contributed by atoms with Crippen molar-refractivity contribution in [3.8, 4) is 0 Å². The van der Waals surface area contributed by atoms with Gasteiger partial charge in [0.2, 0.25) is 0 Å². The Morgan fingerprint density at radius 3 is 2.47 bits per heavy atom. The zero-order valence-corrected chi connectivity index (χ0v) is 10.6. The van der Waals surface area contributed by atoms with Gasteiger partial charge in [0.05, 0.1) is 19.8 Å². The molecule has 0 aliphatic heterocycles.